The first kappa shape index (κ1) is 17.8. The monoisotopic (exact) mass is 306 g/mol. The highest BCUT2D eigenvalue weighted by Crippen LogP contribution is 2.21. The number of hydrogen-bond donors (Lipinski definition) is 0. The first-order chi connectivity index (χ1) is 10.3. The lowest BCUT2D eigenvalue weighted by atomic mass is 10.1. The van der Waals surface area contributed by atoms with Crippen molar-refractivity contribution in [2.24, 2.45) is 0 Å². The minimum absolute atomic E-state index is 0.202. The number of methoxy groups -OCH3 is 1. The summed E-state index contributed by atoms with van der Waals surface area (Å²) in [5.41, 5.74) is 0.779. The number of rotatable bonds is 10. The fourth-order valence-corrected chi connectivity index (χ4v) is 2.94. The maximum atomic E-state index is 11.8. The number of unbranched alkanes of at least 4 members (excludes halogenated alkanes) is 5. The largest absolute Gasteiger partial charge is 0.466 e. The Balaban J connectivity index is 2.42. The van der Waals surface area contributed by atoms with Gasteiger partial charge in [-0.3, -0.25) is 0 Å². The molecule has 0 heterocycles. The van der Waals surface area contributed by atoms with Gasteiger partial charge in [-0.1, -0.05) is 56.9 Å². The van der Waals surface area contributed by atoms with Crippen LogP contribution in [0.15, 0.2) is 46.9 Å². The molecule has 21 heavy (non-hydrogen) atoms. The van der Waals surface area contributed by atoms with E-state index in [4.69, 9.17) is 4.74 Å². The highest BCUT2D eigenvalue weighted by molar-refractivity contribution is 7.99. The van der Waals surface area contributed by atoms with Gasteiger partial charge in [0, 0.05) is 16.2 Å². The van der Waals surface area contributed by atoms with Crippen molar-refractivity contribution in [2.75, 3.05) is 12.9 Å². The smallest absolute Gasteiger partial charge is 0.334 e. The van der Waals surface area contributed by atoms with Crippen LogP contribution in [0.3, 0.4) is 0 Å². The van der Waals surface area contributed by atoms with E-state index in [0.717, 1.165) is 18.4 Å². The van der Waals surface area contributed by atoms with E-state index in [9.17, 15) is 4.79 Å². The van der Waals surface area contributed by atoms with Crippen LogP contribution in [-0.4, -0.2) is 18.8 Å². The SMILES string of the molecule is CCCCCCC/C=C(\CSc1ccccc1)C(=O)OC. The van der Waals surface area contributed by atoms with Crippen LogP contribution in [-0.2, 0) is 9.53 Å². The number of hydrogen-bond acceptors (Lipinski definition) is 3. The molecular formula is C18H26O2S. The molecule has 0 fully saturated rings. The second-order valence-corrected chi connectivity index (χ2v) is 6.07. The summed E-state index contributed by atoms with van der Waals surface area (Å²) < 4.78 is 4.88. The number of ether oxygens (including phenoxy) is 1. The number of allylic oxidation sites excluding steroid dienone is 1. The molecular weight excluding hydrogens is 280 g/mol. The zero-order chi connectivity index (χ0) is 15.3. The van der Waals surface area contributed by atoms with Crippen LogP contribution in [0.2, 0.25) is 0 Å². The first-order valence-electron chi connectivity index (χ1n) is 7.73. The van der Waals surface area contributed by atoms with E-state index in [1.165, 1.54) is 37.7 Å². The molecule has 0 amide bonds. The number of benzene rings is 1. The minimum atomic E-state index is -0.202. The van der Waals surface area contributed by atoms with E-state index in [2.05, 4.69) is 19.1 Å². The van der Waals surface area contributed by atoms with Crippen molar-refractivity contribution in [3.8, 4) is 0 Å². The van der Waals surface area contributed by atoms with Gasteiger partial charge in [-0.05, 0) is 25.0 Å². The Morgan fingerprint density at radius 2 is 1.86 bits per heavy atom. The van der Waals surface area contributed by atoms with Crippen LogP contribution in [0.5, 0.6) is 0 Å². The third-order valence-corrected chi connectivity index (χ3v) is 4.34. The van der Waals surface area contributed by atoms with Gasteiger partial charge in [0.05, 0.1) is 7.11 Å². The summed E-state index contributed by atoms with van der Waals surface area (Å²) in [4.78, 5) is 13.0. The lowest BCUT2D eigenvalue weighted by molar-refractivity contribution is -0.136. The number of esters is 1. The fourth-order valence-electron chi connectivity index (χ4n) is 2.03. The zero-order valence-electron chi connectivity index (χ0n) is 13.1. The molecule has 1 rings (SSSR count). The predicted molar refractivity (Wildman–Crippen MR) is 90.6 cm³/mol. The maximum absolute atomic E-state index is 11.8. The molecule has 0 unspecified atom stereocenters. The van der Waals surface area contributed by atoms with Gasteiger partial charge in [0.2, 0.25) is 0 Å². The van der Waals surface area contributed by atoms with Gasteiger partial charge in [-0.25, -0.2) is 4.79 Å². The molecule has 0 bridgehead atoms. The zero-order valence-corrected chi connectivity index (χ0v) is 14.0. The molecule has 0 aromatic heterocycles. The molecule has 116 valence electrons. The van der Waals surface area contributed by atoms with Gasteiger partial charge >= 0.3 is 5.97 Å². The third kappa shape index (κ3) is 7.96. The third-order valence-electron chi connectivity index (χ3n) is 3.28. The van der Waals surface area contributed by atoms with E-state index >= 15 is 0 Å². The van der Waals surface area contributed by atoms with Crippen molar-refractivity contribution in [1.29, 1.82) is 0 Å². The average Bonchev–Trinajstić information content (AvgIpc) is 2.53. The molecule has 0 saturated heterocycles. The van der Waals surface area contributed by atoms with Crippen molar-refractivity contribution in [2.45, 2.75) is 50.3 Å². The standard InChI is InChI=1S/C18H26O2S/c1-3-4-5-6-7-9-12-16(18(19)20-2)15-21-17-13-10-8-11-14-17/h8,10-14H,3-7,9,15H2,1-2H3/b16-12+. The molecule has 1 aromatic carbocycles. The van der Waals surface area contributed by atoms with E-state index in [1.54, 1.807) is 11.8 Å². The summed E-state index contributed by atoms with van der Waals surface area (Å²) in [6.45, 7) is 2.22. The average molecular weight is 306 g/mol. The van der Waals surface area contributed by atoms with Crippen molar-refractivity contribution >= 4 is 17.7 Å². The Hall–Kier alpha value is -1.22. The van der Waals surface area contributed by atoms with Crippen LogP contribution in [0.4, 0.5) is 0 Å². The Morgan fingerprint density at radius 3 is 2.52 bits per heavy atom. The van der Waals surface area contributed by atoms with Crippen molar-refractivity contribution < 1.29 is 9.53 Å². The van der Waals surface area contributed by atoms with Crippen LogP contribution in [0.25, 0.3) is 0 Å². The predicted octanol–water partition coefficient (Wildman–Crippen LogP) is 5.24. The normalized spacial score (nSPS) is 11.4. The lowest BCUT2D eigenvalue weighted by Gasteiger charge is -2.06. The molecule has 3 heteroatoms. The van der Waals surface area contributed by atoms with Gasteiger partial charge in [0.25, 0.3) is 0 Å². The summed E-state index contributed by atoms with van der Waals surface area (Å²) in [6, 6.07) is 10.1. The molecule has 0 aliphatic carbocycles. The van der Waals surface area contributed by atoms with E-state index in [-0.39, 0.29) is 5.97 Å². The molecule has 0 N–H and O–H groups in total. The Bertz CT molecular complexity index is 426. The number of carbonyl (C=O) groups is 1. The van der Waals surface area contributed by atoms with Crippen LogP contribution in [0, 0.1) is 0 Å². The second-order valence-electron chi connectivity index (χ2n) is 5.03. The summed E-state index contributed by atoms with van der Waals surface area (Å²) in [7, 11) is 1.45. The minimum Gasteiger partial charge on any atom is -0.466 e. The quantitative estimate of drug-likeness (QED) is 0.256. The topological polar surface area (TPSA) is 26.3 Å². The number of carbonyl (C=O) groups excluding carboxylic acids is 1. The first-order valence-corrected chi connectivity index (χ1v) is 8.71. The van der Waals surface area contributed by atoms with E-state index in [1.807, 2.05) is 24.3 Å². The molecule has 0 spiro atoms. The Kier molecular flexibility index (Phi) is 9.71. The van der Waals surface area contributed by atoms with Crippen molar-refractivity contribution in [3.63, 3.8) is 0 Å². The van der Waals surface area contributed by atoms with E-state index in [0.29, 0.717) is 5.75 Å². The molecule has 2 nitrogen and oxygen atoms in total. The second kappa shape index (κ2) is 11.4. The number of thioether (sulfide) groups is 1. The van der Waals surface area contributed by atoms with Crippen molar-refractivity contribution in [3.05, 3.63) is 42.0 Å². The van der Waals surface area contributed by atoms with E-state index < -0.39 is 0 Å². The summed E-state index contributed by atoms with van der Waals surface area (Å²) in [5.74, 6) is 0.470. The Labute approximate surface area is 133 Å². The van der Waals surface area contributed by atoms with Crippen molar-refractivity contribution in [1.82, 2.24) is 0 Å². The van der Waals surface area contributed by atoms with Crippen LogP contribution < -0.4 is 0 Å². The summed E-state index contributed by atoms with van der Waals surface area (Å²) in [6.07, 6.45) is 9.25. The highest BCUT2D eigenvalue weighted by atomic mass is 32.2. The molecule has 0 saturated carbocycles. The van der Waals surface area contributed by atoms with Gasteiger partial charge in [-0.2, -0.15) is 0 Å². The van der Waals surface area contributed by atoms with Crippen LogP contribution in [0.1, 0.15) is 45.4 Å². The molecule has 0 radical (unpaired) electrons. The fraction of sp³-hybridized carbons (Fsp3) is 0.500. The summed E-state index contributed by atoms with van der Waals surface area (Å²) >= 11 is 1.68. The highest BCUT2D eigenvalue weighted by Gasteiger charge is 2.09. The Morgan fingerprint density at radius 1 is 1.14 bits per heavy atom. The molecule has 0 aliphatic rings. The van der Waals surface area contributed by atoms with Crippen LogP contribution >= 0.6 is 11.8 Å². The van der Waals surface area contributed by atoms with Gasteiger partial charge in [-0.15, -0.1) is 11.8 Å². The molecule has 0 atom stereocenters. The maximum Gasteiger partial charge on any atom is 0.334 e. The lowest BCUT2D eigenvalue weighted by Crippen LogP contribution is -2.07. The summed E-state index contributed by atoms with van der Waals surface area (Å²) in [5, 5.41) is 0. The van der Waals surface area contributed by atoms with Gasteiger partial charge < -0.3 is 4.74 Å². The molecule has 0 aliphatic heterocycles. The molecule has 1 aromatic rings. The van der Waals surface area contributed by atoms with Gasteiger partial charge in [0.1, 0.15) is 0 Å². The van der Waals surface area contributed by atoms with Gasteiger partial charge in [0.15, 0.2) is 0 Å².